The van der Waals surface area contributed by atoms with Crippen molar-refractivity contribution in [2.24, 2.45) is 0 Å². The number of benzene rings is 2. The maximum absolute atomic E-state index is 14.4. The van der Waals surface area contributed by atoms with Crippen LogP contribution in [0.25, 0.3) is 0 Å². The maximum Gasteiger partial charge on any atom is 0.420 e. The highest BCUT2D eigenvalue weighted by Gasteiger charge is 2.44. The van der Waals surface area contributed by atoms with Gasteiger partial charge in [0.05, 0.1) is 18.4 Å². The highest BCUT2D eigenvalue weighted by Crippen LogP contribution is 2.58. The third kappa shape index (κ3) is 4.57. The number of fused-ring (bicyclic) bond motifs is 1. The second-order valence-electron chi connectivity index (χ2n) is 9.72. The van der Waals surface area contributed by atoms with Crippen LogP contribution >= 0.6 is 7.67 Å². The van der Waals surface area contributed by atoms with Gasteiger partial charge in [-0.1, -0.05) is 64.3 Å². The van der Waals surface area contributed by atoms with E-state index in [0.717, 1.165) is 31.2 Å². The Bertz CT molecular complexity index is 1040. The van der Waals surface area contributed by atoms with E-state index in [1.54, 1.807) is 24.3 Å². The molecule has 2 aromatic carbocycles. The highest BCUT2D eigenvalue weighted by atomic mass is 31.2. The van der Waals surface area contributed by atoms with Crippen LogP contribution in [0.4, 0.5) is 5.69 Å². The van der Waals surface area contributed by atoms with Crippen molar-refractivity contribution in [3.8, 4) is 5.75 Å². The predicted octanol–water partition coefficient (Wildman–Crippen LogP) is 6.52. The summed E-state index contributed by atoms with van der Waals surface area (Å²) in [5, 5.41) is 3.13. The predicted molar refractivity (Wildman–Crippen MR) is 127 cm³/mol. The van der Waals surface area contributed by atoms with E-state index in [-0.39, 0.29) is 11.5 Å². The molecule has 2 aromatic rings. The van der Waals surface area contributed by atoms with Gasteiger partial charge in [-0.05, 0) is 42.0 Å². The van der Waals surface area contributed by atoms with Crippen molar-refractivity contribution in [2.75, 3.05) is 12.2 Å². The number of carbonyl (C=O) groups excluding carboxylic acids is 1. The van der Waals surface area contributed by atoms with Crippen LogP contribution in [0.1, 0.15) is 74.4 Å². The van der Waals surface area contributed by atoms with E-state index in [1.807, 2.05) is 16.8 Å². The number of anilines is 1. The van der Waals surface area contributed by atoms with Gasteiger partial charge in [-0.25, -0.2) is 9.36 Å². The molecule has 1 unspecified atom stereocenters. The quantitative estimate of drug-likeness (QED) is 0.417. The molecule has 0 spiro atoms. The minimum absolute atomic E-state index is 0.0174. The van der Waals surface area contributed by atoms with Crippen LogP contribution in [-0.4, -0.2) is 23.8 Å². The highest BCUT2D eigenvalue weighted by molar-refractivity contribution is 7.58. The molecular weight excluding hydrogens is 423 g/mol. The number of carbonyl (C=O) groups is 1. The van der Waals surface area contributed by atoms with Gasteiger partial charge in [-0.15, -0.1) is 0 Å². The molecule has 32 heavy (non-hydrogen) atoms. The molecule has 7 heteroatoms. The zero-order valence-corrected chi connectivity index (χ0v) is 20.3. The molecule has 4 rings (SSSR count). The van der Waals surface area contributed by atoms with E-state index in [0.29, 0.717) is 23.5 Å². The summed E-state index contributed by atoms with van der Waals surface area (Å²) in [6.45, 7) is 7.11. The zero-order valence-electron chi connectivity index (χ0n) is 19.4. The van der Waals surface area contributed by atoms with E-state index in [1.165, 1.54) is 19.1 Å². The summed E-state index contributed by atoms with van der Waals surface area (Å²) in [4.78, 5) is 12.3. The van der Waals surface area contributed by atoms with Crippen molar-refractivity contribution < 1.29 is 18.6 Å². The van der Waals surface area contributed by atoms with E-state index >= 15 is 0 Å². The molecule has 0 radical (unpaired) electrons. The average Bonchev–Trinajstić information content (AvgIpc) is 2.78. The third-order valence-corrected chi connectivity index (χ3v) is 8.52. The van der Waals surface area contributed by atoms with Crippen LogP contribution in [0.5, 0.6) is 5.75 Å². The molecule has 0 amide bonds. The number of esters is 1. The fourth-order valence-electron chi connectivity index (χ4n) is 4.54. The van der Waals surface area contributed by atoms with Crippen LogP contribution < -0.4 is 9.61 Å². The minimum Gasteiger partial charge on any atom is -0.465 e. The lowest BCUT2D eigenvalue weighted by Gasteiger charge is -2.42. The second-order valence-corrected chi connectivity index (χ2v) is 11.7. The number of para-hydroxylation sites is 1. The monoisotopic (exact) mass is 456 g/mol. The summed E-state index contributed by atoms with van der Waals surface area (Å²) in [7, 11) is -2.16. The molecule has 1 saturated carbocycles. The van der Waals surface area contributed by atoms with Gasteiger partial charge in [0.2, 0.25) is 0 Å². The topological polar surface area (TPSA) is 67.9 Å². The van der Waals surface area contributed by atoms with E-state index in [4.69, 9.17) is 9.26 Å². The first-order valence-electron chi connectivity index (χ1n) is 11.4. The summed E-state index contributed by atoms with van der Waals surface area (Å²) in [5.74, 6) is 0.160. The van der Waals surface area contributed by atoms with E-state index in [2.05, 4.69) is 31.9 Å². The first kappa shape index (κ1) is 22.9. The van der Waals surface area contributed by atoms with Crippen LogP contribution in [0, 0.1) is 0 Å². The molecule has 2 aliphatic rings. The van der Waals surface area contributed by atoms with E-state index < -0.39 is 13.6 Å². The minimum atomic E-state index is -3.50. The summed E-state index contributed by atoms with van der Waals surface area (Å²) >= 11 is 0. The second kappa shape index (κ2) is 8.92. The number of rotatable bonds is 4. The number of ether oxygens (including phenoxy) is 1. The van der Waals surface area contributed by atoms with Crippen LogP contribution in [0.15, 0.2) is 42.5 Å². The lowest BCUT2D eigenvalue weighted by Crippen LogP contribution is -2.39. The number of nitrogens with one attached hydrogen (secondary N) is 1. The van der Waals surface area contributed by atoms with Crippen molar-refractivity contribution in [3.05, 3.63) is 59.2 Å². The maximum atomic E-state index is 14.4. The first-order chi connectivity index (χ1) is 15.2. The fourth-order valence-corrected chi connectivity index (χ4v) is 6.77. The van der Waals surface area contributed by atoms with Gasteiger partial charge in [0.1, 0.15) is 5.75 Å². The summed E-state index contributed by atoms with van der Waals surface area (Å²) in [6, 6.07) is 13.3. The lowest BCUT2D eigenvalue weighted by molar-refractivity contribution is 0.0602. The largest absolute Gasteiger partial charge is 0.465 e. The molecule has 0 bridgehead atoms. The molecule has 0 saturated heterocycles. The Balaban J connectivity index is 1.74. The van der Waals surface area contributed by atoms with Crippen LogP contribution in [-0.2, 0) is 21.3 Å². The van der Waals surface area contributed by atoms with Crippen molar-refractivity contribution in [1.29, 1.82) is 0 Å². The molecule has 1 aliphatic heterocycles. The Morgan fingerprint density at radius 3 is 2.53 bits per heavy atom. The Labute approximate surface area is 190 Å². The molecule has 172 valence electrons. The molecule has 1 atom stereocenters. The Hall–Kier alpha value is -2.30. The SMILES string of the molecule is COC(=O)c1ccccc1NP1(=O)Oc2ccc(C(C)(C)C)cc2CN1C1CCCCC1. The summed E-state index contributed by atoms with van der Waals surface area (Å²) < 4.78 is 27.6. The summed E-state index contributed by atoms with van der Waals surface area (Å²) in [5.41, 5.74) is 3.09. The Morgan fingerprint density at radius 1 is 1.12 bits per heavy atom. The normalized spacial score (nSPS) is 22.0. The standard InChI is InChI=1S/C25H33N2O4P/c1-25(2,3)19-14-15-23-18(16-19)17-27(20-10-6-5-7-11-20)32(29,31-23)26-22-13-9-8-12-21(22)24(28)30-4/h8-9,12-16,20H,5-7,10-11,17H2,1-4H3,(H,26,29). The molecular formula is C25H33N2O4P. The molecule has 0 aromatic heterocycles. The third-order valence-electron chi connectivity index (χ3n) is 6.41. The number of hydrogen-bond donors (Lipinski definition) is 1. The van der Waals surface area contributed by atoms with Gasteiger partial charge >= 0.3 is 13.6 Å². The van der Waals surface area contributed by atoms with Crippen molar-refractivity contribution >= 4 is 19.3 Å². The molecule has 1 N–H and O–H groups in total. The molecule has 6 nitrogen and oxygen atoms in total. The van der Waals surface area contributed by atoms with Gasteiger partial charge < -0.3 is 9.26 Å². The van der Waals surface area contributed by atoms with E-state index in [9.17, 15) is 9.36 Å². The lowest BCUT2D eigenvalue weighted by atomic mass is 9.86. The van der Waals surface area contributed by atoms with Gasteiger partial charge in [-0.2, -0.15) is 4.67 Å². The van der Waals surface area contributed by atoms with Crippen LogP contribution in [0.3, 0.4) is 0 Å². The van der Waals surface area contributed by atoms with Gasteiger partial charge in [0.15, 0.2) is 0 Å². The number of nitrogens with zero attached hydrogens (tertiary/aromatic N) is 1. The molecule has 1 aliphatic carbocycles. The zero-order chi connectivity index (χ0) is 22.9. The van der Waals surface area contributed by atoms with Crippen molar-refractivity contribution in [2.45, 2.75) is 70.9 Å². The summed E-state index contributed by atoms with van der Waals surface area (Å²) in [6.07, 6.45) is 5.42. The fraction of sp³-hybridized carbons (Fsp3) is 0.480. The first-order valence-corrected chi connectivity index (χ1v) is 12.9. The Morgan fingerprint density at radius 2 is 1.84 bits per heavy atom. The van der Waals surface area contributed by atoms with Gasteiger partial charge in [0, 0.05) is 18.2 Å². The molecule has 1 fully saturated rings. The Kier molecular flexibility index (Phi) is 6.37. The van der Waals surface area contributed by atoms with Crippen LogP contribution in [0.2, 0.25) is 0 Å². The van der Waals surface area contributed by atoms with Crippen molar-refractivity contribution in [1.82, 2.24) is 4.67 Å². The van der Waals surface area contributed by atoms with Gasteiger partial charge in [0.25, 0.3) is 0 Å². The van der Waals surface area contributed by atoms with Gasteiger partial charge in [-0.3, -0.25) is 5.09 Å². The number of hydrogen-bond acceptors (Lipinski definition) is 4. The average molecular weight is 457 g/mol. The van der Waals surface area contributed by atoms with Crippen molar-refractivity contribution in [3.63, 3.8) is 0 Å². The molecule has 1 heterocycles. The smallest absolute Gasteiger partial charge is 0.420 e. The number of methoxy groups -OCH3 is 1.